The molecule has 1 aromatic carbocycles. The SMILES string of the molecule is CN(CC(=O)O)CC1CN(C(=O)COCCc2ccccc2)CCO1. The summed E-state index contributed by atoms with van der Waals surface area (Å²) in [7, 11) is 1.73. The minimum atomic E-state index is -0.877. The number of amides is 1. The average molecular weight is 350 g/mol. The maximum absolute atomic E-state index is 12.3. The van der Waals surface area contributed by atoms with Crippen LogP contribution < -0.4 is 0 Å². The fourth-order valence-electron chi connectivity index (χ4n) is 2.78. The van der Waals surface area contributed by atoms with Crippen LogP contribution in [0.2, 0.25) is 0 Å². The Morgan fingerprint density at radius 2 is 2.12 bits per heavy atom. The van der Waals surface area contributed by atoms with E-state index in [4.69, 9.17) is 14.6 Å². The van der Waals surface area contributed by atoms with Gasteiger partial charge in [0, 0.05) is 19.6 Å². The third kappa shape index (κ3) is 7.21. The Kier molecular flexibility index (Phi) is 7.84. The second-order valence-electron chi connectivity index (χ2n) is 6.21. The van der Waals surface area contributed by atoms with E-state index in [0.29, 0.717) is 32.8 Å². The number of hydrogen-bond donors (Lipinski definition) is 1. The molecule has 1 amide bonds. The van der Waals surface area contributed by atoms with Crippen molar-refractivity contribution in [2.45, 2.75) is 12.5 Å². The van der Waals surface area contributed by atoms with Crippen molar-refractivity contribution in [3.8, 4) is 0 Å². The molecule has 1 aliphatic rings. The molecule has 1 atom stereocenters. The first-order valence-corrected chi connectivity index (χ1v) is 8.46. The lowest BCUT2D eigenvalue weighted by Gasteiger charge is -2.34. The summed E-state index contributed by atoms with van der Waals surface area (Å²) in [5.41, 5.74) is 1.18. The number of carbonyl (C=O) groups excluding carboxylic acids is 1. The van der Waals surface area contributed by atoms with Gasteiger partial charge >= 0.3 is 5.97 Å². The molecule has 0 bridgehead atoms. The van der Waals surface area contributed by atoms with Crippen molar-refractivity contribution < 1.29 is 24.2 Å². The van der Waals surface area contributed by atoms with E-state index in [0.717, 1.165) is 6.42 Å². The topological polar surface area (TPSA) is 79.3 Å². The zero-order valence-electron chi connectivity index (χ0n) is 14.6. The molecule has 0 aromatic heterocycles. The Bertz CT molecular complexity index is 552. The Hall–Kier alpha value is -1.96. The van der Waals surface area contributed by atoms with Crippen LogP contribution in [-0.4, -0.2) is 85.9 Å². The highest BCUT2D eigenvalue weighted by molar-refractivity contribution is 5.77. The largest absolute Gasteiger partial charge is 0.480 e. The molecule has 1 aromatic rings. The number of likely N-dealkylation sites (N-methyl/N-ethyl adjacent to an activating group) is 1. The van der Waals surface area contributed by atoms with Crippen LogP contribution in [0, 0.1) is 0 Å². The van der Waals surface area contributed by atoms with Gasteiger partial charge in [-0.2, -0.15) is 0 Å². The molecule has 138 valence electrons. The van der Waals surface area contributed by atoms with E-state index >= 15 is 0 Å². The molecule has 25 heavy (non-hydrogen) atoms. The molecule has 1 aliphatic heterocycles. The van der Waals surface area contributed by atoms with Gasteiger partial charge in [0.2, 0.25) is 5.91 Å². The van der Waals surface area contributed by atoms with Crippen LogP contribution in [0.25, 0.3) is 0 Å². The highest BCUT2D eigenvalue weighted by atomic mass is 16.5. The Morgan fingerprint density at radius 3 is 2.84 bits per heavy atom. The summed E-state index contributed by atoms with van der Waals surface area (Å²) in [6.07, 6.45) is 0.603. The second kappa shape index (κ2) is 10.1. The van der Waals surface area contributed by atoms with Gasteiger partial charge in [0.05, 0.1) is 25.9 Å². The second-order valence-corrected chi connectivity index (χ2v) is 6.21. The van der Waals surface area contributed by atoms with Gasteiger partial charge in [-0.05, 0) is 19.0 Å². The zero-order chi connectivity index (χ0) is 18.1. The maximum Gasteiger partial charge on any atom is 0.317 e. The maximum atomic E-state index is 12.3. The number of benzene rings is 1. The van der Waals surface area contributed by atoms with E-state index < -0.39 is 5.97 Å². The van der Waals surface area contributed by atoms with Gasteiger partial charge in [-0.3, -0.25) is 14.5 Å². The van der Waals surface area contributed by atoms with Crippen LogP contribution in [0.3, 0.4) is 0 Å². The number of carboxylic acid groups (broad SMARTS) is 1. The van der Waals surface area contributed by atoms with Crippen molar-refractivity contribution in [2.75, 3.05) is 53.0 Å². The first kappa shape index (κ1) is 19.4. The first-order valence-electron chi connectivity index (χ1n) is 8.46. The van der Waals surface area contributed by atoms with Crippen LogP contribution in [0.1, 0.15) is 5.56 Å². The van der Waals surface area contributed by atoms with Crippen molar-refractivity contribution in [1.29, 1.82) is 0 Å². The van der Waals surface area contributed by atoms with Crippen molar-refractivity contribution in [3.63, 3.8) is 0 Å². The monoisotopic (exact) mass is 350 g/mol. The molecule has 2 rings (SSSR count). The molecular formula is C18H26N2O5. The summed E-state index contributed by atoms with van der Waals surface area (Å²) < 4.78 is 11.1. The summed E-state index contributed by atoms with van der Waals surface area (Å²) in [5.74, 6) is -0.930. The number of ether oxygens (including phenoxy) is 2. The number of aliphatic carboxylic acids is 1. The van der Waals surface area contributed by atoms with Crippen LogP contribution in [0.5, 0.6) is 0 Å². The normalized spacial score (nSPS) is 17.7. The fraction of sp³-hybridized carbons (Fsp3) is 0.556. The van der Waals surface area contributed by atoms with E-state index in [1.807, 2.05) is 30.3 Å². The number of nitrogens with zero attached hydrogens (tertiary/aromatic N) is 2. The molecule has 0 spiro atoms. The minimum Gasteiger partial charge on any atom is -0.480 e. The summed E-state index contributed by atoms with van der Waals surface area (Å²) in [4.78, 5) is 26.4. The number of rotatable bonds is 9. The van der Waals surface area contributed by atoms with E-state index in [2.05, 4.69) is 0 Å². The van der Waals surface area contributed by atoms with E-state index in [1.165, 1.54) is 5.56 Å². The molecule has 0 saturated carbocycles. The lowest BCUT2D eigenvalue weighted by Crippen LogP contribution is -2.50. The molecule has 7 heteroatoms. The van der Waals surface area contributed by atoms with Crippen molar-refractivity contribution in [3.05, 3.63) is 35.9 Å². The lowest BCUT2D eigenvalue weighted by molar-refractivity contribution is -0.145. The number of carbonyl (C=O) groups is 2. The molecule has 1 fully saturated rings. The number of carboxylic acids is 1. The first-order chi connectivity index (χ1) is 12.0. The van der Waals surface area contributed by atoms with Crippen molar-refractivity contribution in [2.24, 2.45) is 0 Å². The predicted molar refractivity (Wildman–Crippen MR) is 92.4 cm³/mol. The minimum absolute atomic E-state index is 0.0452. The number of morpholine rings is 1. The zero-order valence-corrected chi connectivity index (χ0v) is 14.6. The van der Waals surface area contributed by atoms with E-state index in [1.54, 1.807) is 16.8 Å². The smallest absolute Gasteiger partial charge is 0.317 e. The van der Waals surface area contributed by atoms with Crippen LogP contribution in [0.4, 0.5) is 0 Å². The Morgan fingerprint density at radius 1 is 1.36 bits per heavy atom. The summed E-state index contributed by atoms with van der Waals surface area (Å²) >= 11 is 0. The predicted octanol–water partition coefficient (Wildman–Crippen LogP) is 0.490. The summed E-state index contributed by atoms with van der Waals surface area (Å²) in [5, 5.41) is 8.79. The molecular weight excluding hydrogens is 324 g/mol. The highest BCUT2D eigenvalue weighted by Gasteiger charge is 2.25. The van der Waals surface area contributed by atoms with Gasteiger partial charge < -0.3 is 19.5 Å². The summed E-state index contributed by atoms with van der Waals surface area (Å²) in [6.45, 7) is 2.46. The molecule has 0 aliphatic carbocycles. The van der Waals surface area contributed by atoms with Crippen LogP contribution >= 0.6 is 0 Å². The molecule has 0 radical (unpaired) electrons. The Balaban J connectivity index is 1.67. The van der Waals surface area contributed by atoms with Crippen LogP contribution in [0.15, 0.2) is 30.3 Å². The van der Waals surface area contributed by atoms with Gasteiger partial charge in [-0.15, -0.1) is 0 Å². The number of hydrogen-bond acceptors (Lipinski definition) is 5. The van der Waals surface area contributed by atoms with Gasteiger partial charge in [-0.25, -0.2) is 0 Å². The highest BCUT2D eigenvalue weighted by Crippen LogP contribution is 2.07. The molecule has 1 unspecified atom stereocenters. The average Bonchev–Trinajstić information content (AvgIpc) is 2.59. The molecule has 1 saturated heterocycles. The van der Waals surface area contributed by atoms with Gasteiger partial charge in [-0.1, -0.05) is 30.3 Å². The molecule has 1 N–H and O–H groups in total. The van der Waals surface area contributed by atoms with Crippen LogP contribution in [-0.2, 0) is 25.5 Å². The lowest BCUT2D eigenvalue weighted by atomic mass is 10.2. The van der Waals surface area contributed by atoms with Gasteiger partial charge in [0.15, 0.2) is 0 Å². The molecule has 1 heterocycles. The third-order valence-corrected chi connectivity index (χ3v) is 4.02. The standard InChI is InChI=1S/C18H26N2O5/c1-19(13-18(22)23)11-16-12-20(8-10-25-16)17(21)14-24-9-7-15-5-3-2-4-6-15/h2-6,16H,7-14H2,1H3,(H,22,23). The van der Waals surface area contributed by atoms with Crippen molar-refractivity contribution >= 4 is 11.9 Å². The van der Waals surface area contributed by atoms with E-state index in [-0.39, 0.29) is 25.2 Å². The van der Waals surface area contributed by atoms with Crippen molar-refractivity contribution in [1.82, 2.24) is 9.80 Å². The Labute approximate surface area is 148 Å². The quantitative estimate of drug-likeness (QED) is 0.653. The van der Waals surface area contributed by atoms with Gasteiger partial charge in [0.1, 0.15) is 6.61 Å². The molecule has 7 nitrogen and oxygen atoms in total. The third-order valence-electron chi connectivity index (χ3n) is 4.02. The fourth-order valence-corrected chi connectivity index (χ4v) is 2.78. The summed E-state index contributed by atoms with van der Waals surface area (Å²) in [6, 6.07) is 10.00. The van der Waals surface area contributed by atoms with E-state index in [9.17, 15) is 9.59 Å². The van der Waals surface area contributed by atoms with Gasteiger partial charge in [0.25, 0.3) is 0 Å².